The van der Waals surface area contributed by atoms with Crippen LogP contribution in [0.1, 0.15) is 10.6 Å². The van der Waals surface area contributed by atoms with Crippen LogP contribution in [0.25, 0.3) is 0 Å². The first-order chi connectivity index (χ1) is 13.5. The van der Waals surface area contributed by atoms with Crippen molar-refractivity contribution < 1.29 is 23.5 Å². The Balaban J connectivity index is 1.37. The normalized spacial score (nSPS) is 13.9. The number of hydrogen-bond acceptors (Lipinski definition) is 6. The zero-order valence-corrected chi connectivity index (χ0v) is 15.9. The summed E-state index contributed by atoms with van der Waals surface area (Å²) in [4.78, 5) is 39.4. The van der Waals surface area contributed by atoms with Gasteiger partial charge in [0.2, 0.25) is 0 Å². The molecule has 0 saturated carbocycles. The molecule has 1 aromatic heterocycles. The Morgan fingerprint density at radius 1 is 1.11 bits per heavy atom. The summed E-state index contributed by atoms with van der Waals surface area (Å²) in [5.41, 5.74) is 1.01. The number of halogens is 1. The van der Waals surface area contributed by atoms with Crippen LogP contribution < -0.4 is 10.2 Å². The zero-order valence-electron chi connectivity index (χ0n) is 15.1. The van der Waals surface area contributed by atoms with Crippen LogP contribution in [0.3, 0.4) is 0 Å². The minimum atomic E-state index is -0.689. The van der Waals surface area contributed by atoms with Gasteiger partial charge in [-0.3, -0.25) is 14.4 Å². The summed E-state index contributed by atoms with van der Waals surface area (Å²) in [6.45, 7) is 1.69. The van der Waals surface area contributed by atoms with Crippen LogP contribution >= 0.6 is 11.6 Å². The lowest BCUT2D eigenvalue weighted by Gasteiger charge is -2.36. The maximum absolute atomic E-state index is 12.2. The van der Waals surface area contributed by atoms with E-state index in [2.05, 4.69) is 10.2 Å². The predicted molar refractivity (Wildman–Crippen MR) is 102 cm³/mol. The van der Waals surface area contributed by atoms with E-state index in [1.807, 2.05) is 24.3 Å². The number of nitrogens with one attached hydrogen (secondary N) is 1. The van der Waals surface area contributed by atoms with Gasteiger partial charge < -0.3 is 24.3 Å². The molecule has 8 nitrogen and oxygen atoms in total. The summed E-state index contributed by atoms with van der Waals surface area (Å²) in [6.07, 6.45) is 1.36. The summed E-state index contributed by atoms with van der Waals surface area (Å²) in [5, 5.41) is 3.04. The molecule has 28 heavy (non-hydrogen) atoms. The number of nitrogens with zero attached hydrogens (tertiary/aromatic N) is 2. The Hall–Kier alpha value is -3.00. The highest BCUT2D eigenvalue weighted by Crippen LogP contribution is 2.20. The molecular formula is C19H20ClN3O5. The number of anilines is 1. The molecule has 148 valence electrons. The van der Waals surface area contributed by atoms with E-state index >= 15 is 0 Å². The minimum absolute atomic E-state index is 0.0986. The third kappa shape index (κ3) is 5.26. The molecule has 1 saturated heterocycles. The fourth-order valence-electron chi connectivity index (χ4n) is 2.82. The van der Waals surface area contributed by atoms with E-state index < -0.39 is 11.9 Å². The molecular weight excluding hydrogens is 386 g/mol. The van der Waals surface area contributed by atoms with Crippen molar-refractivity contribution in [2.45, 2.75) is 0 Å². The molecule has 2 amide bonds. The minimum Gasteiger partial charge on any atom is -0.459 e. The molecule has 1 fully saturated rings. The van der Waals surface area contributed by atoms with Crippen molar-refractivity contribution >= 4 is 35.1 Å². The Labute approximate surface area is 167 Å². The smallest absolute Gasteiger partial charge is 0.325 e. The van der Waals surface area contributed by atoms with Crippen LogP contribution in [-0.4, -0.2) is 62.0 Å². The predicted octanol–water partition coefficient (Wildman–Crippen LogP) is 1.55. The summed E-state index contributed by atoms with van der Waals surface area (Å²) in [6, 6.07) is 10.6. The van der Waals surface area contributed by atoms with E-state index in [-0.39, 0.29) is 24.8 Å². The van der Waals surface area contributed by atoms with Gasteiger partial charge in [0.15, 0.2) is 12.4 Å². The van der Waals surface area contributed by atoms with E-state index in [9.17, 15) is 14.4 Å². The second kappa shape index (κ2) is 9.27. The number of carbonyl (C=O) groups excluding carboxylic acids is 3. The molecule has 1 aliphatic rings. The van der Waals surface area contributed by atoms with Crippen LogP contribution in [0, 0.1) is 0 Å². The third-order valence-electron chi connectivity index (χ3n) is 4.30. The third-order valence-corrected chi connectivity index (χ3v) is 4.54. The fraction of sp³-hybridized carbons (Fsp3) is 0.316. The number of ether oxygens (including phenoxy) is 1. The summed E-state index contributed by atoms with van der Waals surface area (Å²) in [7, 11) is 0. The van der Waals surface area contributed by atoms with E-state index in [4.69, 9.17) is 20.8 Å². The molecule has 3 rings (SSSR count). The second-order valence-corrected chi connectivity index (χ2v) is 6.60. The van der Waals surface area contributed by atoms with Gasteiger partial charge in [-0.1, -0.05) is 17.7 Å². The van der Waals surface area contributed by atoms with Crippen LogP contribution in [0.2, 0.25) is 5.02 Å². The van der Waals surface area contributed by atoms with Gasteiger partial charge in [-0.15, -0.1) is 0 Å². The highest BCUT2D eigenvalue weighted by Gasteiger charge is 2.22. The van der Waals surface area contributed by atoms with Gasteiger partial charge in [-0.05, 0) is 30.3 Å². The lowest BCUT2D eigenvalue weighted by Crippen LogP contribution is -2.50. The number of hydrogen-bond donors (Lipinski definition) is 1. The number of carbonyl (C=O) groups is 3. The second-order valence-electron chi connectivity index (χ2n) is 6.17. The first-order valence-corrected chi connectivity index (χ1v) is 9.16. The highest BCUT2D eigenvalue weighted by molar-refractivity contribution is 6.30. The molecule has 2 aromatic rings. The van der Waals surface area contributed by atoms with Gasteiger partial charge in [-0.2, -0.15) is 0 Å². The summed E-state index contributed by atoms with van der Waals surface area (Å²) >= 11 is 6.02. The SMILES string of the molecule is O=C(CNC(=O)c1ccco1)OCC(=O)N1CCN(c2cccc(Cl)c2)CC1. The molecule has 9 heteroatoms. The van der Waals surface area contributed by atoms with Gasteiger partial charge in [0, 0.05) is 36.9 Å². The Morgan fingerprint density at radius 3 is 2.57 bits per heavy atom. The molecule has 0 unspecified atom stereocenters. The average Bonchev–Trinajstić information content (AvgIpc) is 3.25. The summed E-state index contributed by atoms with van der Waals surface area (Å²) < 4.78 is 9.86. The van der Waals surface area contributed by atoms with Gasteiger partial charge >= 0.3 is 5.97 Å². The zero-order chi connectivity index (χ0) is 19.9. The van der Waals surface area contributed by atoms with E-state index in [1.165, 1.54) is 12.3 Å². The fourth-order valence-corrected chi connectivity index (χ4v) is 3.00. The maximum atomic E-state index is 12.2. The van der Waals surface area contributed by atoms with Crippen LogP contribution in [-0.2, 0) is 14.3 Å². The van der Waals surface area contributed by atoms with Gasteiger partial charge in [0.25, 0.3) is 11.8 Å². The number of benzene rings is 1. The number of amides is 2. The number of piperazine rings is 1. The first kappa shape index (κ1) is 19.8. The van der Waals surface area contributed by atoms with Crippen molar-refractivity contribution in [3.8, 4) is 0 Å². The van der Waals surface area contributed by atoms with Crippen LogP contribution in [0.5, 0.6) is 0 Å². The van der Waals surface area contributed by atoms with Gasteiger partial charge in [0.1, 0.15) is 6.54 Å². The van der Waals surface area contributed by atoms with Crippen molar-refractivity contribution in [1.82, 2.24) is 10.2 Å². The number of esters is 1. The molecule has 1 N–H and O–H groups in total. The van der Waals surface area contributed by atoms with Crippen molar-refractivity contribution in [3.63, 3.8) is 0 Å². The topological polar surface area (TPSA) is 92.1 Å². The lowest BCUT2D eigenvalue weighted by atomic mass is 10.2. The van der Waals surface area contributed by atoms with Gasteiger partial charge in [-0.25, -0.2) is 0 Å². The van der Waals surface area contributed by atoms with E-state index in [0.717, 1.165) is 5.69 Å². The van der Waals surface area contributed by atoms with Crippen molar-refractivity contribution in [2.24, 2.45) is 0 Å². The molecule has 0 spiro atoms. The van der Waals surface area contributed by atoms with E-state index in [0.29, 0.717) is 31.2 Å². The van der Waals surface area contributed by atoms with Gasteiger partial charge in [0.05, 0.1) is 6.26 Å². The standard InChI is InChI=1S/C19H20ClN3O5/c20-14-3-1-4-15(11-14)22-6-8-23(9-7-22)17(24)13-28-18(25)12-21-19(26)16-5-2-10-27-16/h1-5,10-11H,6-9,12-13H2,(H,21,26). The van der Waals surface area contributed by atoms with Crippen molar-refractivity contribution in [2.75, 3.05) is 44.2 Å². The molecule has 0 radical (unpaired) electrons. The Kier molecular flexibility index (Phi) is 6.54. The number of furan rings is 1. The first-order valence-electron chi connectivity index (χ1n) is 8.78. The molecule has 0 bridgehead atoms. The van der Waals surface area contributed by atoms with E-state index in [1.54, 1.807) is 11.0 Å². The largest absolute Gasteiger partial charge is 0.459 e. The molecule has 1 aliphatic heterocycles. The summed E-state index contributed by atoms with van der Waals surface area (Å²) in [5.74, 6) is -1.38. The Morgan fingerprint density at radius 2 is 1.89 bits per heavy atom. The average molecular weight is 406 g/mol. The highest BCUT2D eigenvalue weighted by atomic mass is 35.5. The Bertz CT molecular complexity index is 832. The van der Waals surface area contributed by atoms with Crippen LogP contribution in [0.15, 0.2) is 47.1 Å². The maximum Gasteiger partial charge on any atom is 0.325 e. The number of rotatable bonds is 6. The molecule has 1 aromatic carbocycles. The monoisotopic (exact) mass is 405 g/mol. The lowest BCUT2D eigenvalue weighted by molar-refractivity contribution is -0.151. The van der Waals surface area contributed by atoms with Crippen molar-refractivity contribution in [1.29, 1.82) is 0 Å². The quantitative estimate of drug-likeness (QED) is 0.733. The van der Waals surface area contributed by atoms with Crippen molar-refractivity contribution in [3.05, 3.63) is 53.4 Å². The molecule has 0 aliphatic carbocycles. The molecule has 0 atom stereocenters. The molecule has 2 heterocycles. The van der Waals surface area contributed by atoms with Crippen LogP contribution in [0.4, 0.5) is 5.69 Å².